The van der Waals surface area contributed by atoms with Crippen molar-refractivity contribution in [2.75, 3.05) is 6.54 Å². The third-order valence-corrected chi connectivity index (χ3v) is 3.62. The first-order valence-electron chi connectivity index (χ1n) is 7.49. The topological polar surface area (TPSA) is 55.7 Å². The molecular formula is C14H21BF2N4. The lowest BCUT2D eigenvalue weighted by Gasteiger charge is -2.06. The Hall–Kier alpha value is -1.50. The van der Waals surface area contributed by atoms with Gasteiger partial charge in [0.05, 0.1) is 0 Å². The van der Waals surface area contributed by atoms with Crippen molar-refractivity contribution in [1.29, 1.82) is 0 Å². The Kier molecular flexibility index (Phi) is 6.11. The van der Waals surface area contributed by atoms with Crippen LogP contribution in [0.15, 0.2) is 28.5 Å². The second kappa shape index (κ2) is 8.07. The minimum Gasteiger partial charge on any atom is -0.330 e. The zero-order valence-corrected chi connectivity index (χ0v) is 12.1. The fourth-order valence-electron chi connectivity index (χ4n) is 2.42. The van der Waals surface area contributed by atoms with Crippen molar-refractivity contribution in [2.24, 2.45) is 15.9 Å². The quantitative estimate of drug-likeness (QED) is 0.489. The smallest absolute Gasteiger partial charge is 0.330 e. The van der Waals surface area contributed by atoms with Gasteiger partial charge in [-0.1, -0.05) is 6.07 Å². The summed E-state index contributed by atoms with van der Waals surface area (Å²) in [5.74, 6) is 0. The standard InChI is InChI=1S/C14H21BF2N4/c16-15(17)21-11-12(5-3-4-10-18)8-9-14(21)20-19-13-6-1-2-7-13/h8-9,11H,1-7,10,18H2/b20-14-. The van der Waals surface area contributed by atoms with Crippen LogP contribution in [-0.2, 0) is 6.42 Å². The van der Waals surface area contributed by atoms with E-state index < -0.39 is 7.40 Å². The Morgan fingerprint density at radius 3 is 2.57 bits per heavy atom. The molecule has 0 saturated heterocycles. The summed E-state index contributed by atoms with van der Waals surface area (Å²) in [4.78, 5) is 0. The van der Waals surface area contributed by atoms with E-state index in [2.05, 4.69) is 10.2 Å². The number of nitrogens with zero attached hydrogens (tertiary/aromatic N) is 3. The Bertz CT molecular complexity index is 546. The van der Waals surface area contributed by atoms with Gasteiger partial charge in [-0.3, -0.25) is 8.63 Å². The molecule has 1 aliphatic rings. The molecule has 0 spiro atoms. The fraction of sp³-hybridized carbons (Fsp3) is 0.571. The summed E-state index contributed by atoms with van der Waals surface area (Å²) < 4.78 is 27.1. The van der Waals surface area contributed by atoms with Crippen molar-refractivity contribution < 1.29 is 8.63 Å². The van der Waals surface area contributed by atoms with E-state index in [4.69, 9.17) is 5.73 Å². The maximum absolute atomic E-state index is 13.1. The highest BCUT2D eigenvalue weighted by atomic mass is 19.2. The van der Waals surface area contributed by atoms with Crippen molar-refractivity contribution in [3.63, 3.8) is 0 Å². The zero-order chi connectivity index (χ0) is 15.1. The van der Waals surface area contributed by atoms with Crippen LogP contribution in [0.4, 0.5) is 8.63 Å². The normalized spacial score (nSPS) is 15.6. The predicted octanol–water partition coefficient (Wildman–Crippen LogP) is 2.37. The molecule has 0 aromatic carbocycles. The number of nitrogens with two attached hydrogens (primary N) is 1. The lowest BCUT2D eigenvalue weighted by Crippen LogP contribution is -2.29. The third-order valence-electron chi connectivity index (χ3n) is 3.62. The van der Waals surface area contributed by atoms with Gasteiger partial charge in [0, 0.05) is 11.9 Å². The van der Waals surface area contributed by atoms with E-state index in [1.165, 1.54) is 6.20 Å². The van der Waals surface area contributed by atoms with Crippen LogP contribution in [-0.4, -0.2) is 24.1 Å². The lowest BCUT2D eigenvalue weighted by atomic mass is 10.1. The number of hydrogen-bond donors (Lipinski definition) is 1. The molecule has 2 N–H and O–H groups in total. The maximum Gasteiger partial charge on any atom is 0.678 e. The predicted molar refractivity (Wildman–Crippen MR) is 81.3 cm³/mol. The van der Waals surface area contributed by atoms with Crippen molar-refractivity contribution in [1.82, 2.24) is 4.48 Å². The number of aromatic nitrogens is 1. The maximum atomic E-state index is 13.1. The lowest BCUT2D eigenvalue weighted by molar-refractivity contribution is 0.616. The van der Waals surface area contributed by atoms with Crippen molar-refractivity contribution in [3.05, 3.63) is 29.4 Å². The number of halogens is 2. The Morgan fingerprint density at radius 1 is 1.14 bits per heavy atom. The summed E-state index contributed by atoms with van der Waals surface area (Å²) in [6.45, 7) is 0.625. The molecule has 7 heteroatoms. The first-order chi connectivity index (χ1) is 10.2. The fourth-order valence-corrected chi connectivity index (χ4v) is 2.42. The first-order valence-corrected chi connectivity index (χ1v) is 7.49. The van der Waals surface area contributed by atoms with Crippen LogP contribution in [0.2, 0.25) is 0 Å². The highest BCUT2D eigenvalue weighted by Gasteiger charge is 2.17. The third kappa shape index (κ3) is 4.77. The molecule has 21 heavy (non-hydrogen) atoms. The molecule has 0 unspecified atom stereocenters. The minimum absolute atomic E-state index is 0.201. The van der Waals surface area contributed by atoms with E-state index in [0.29, 0.717) is 6.54 Å². The van der Waals surface area contributed by atoms with Crippen LogP contribution in [0.5, 0.6) is 0 Å². The second-order valence-corrected chi connectivity index (χ2v) is 5.30. The van der Waals surface area contributed by atoms with E-state index in [0.717, 1.165) is 60.7 Å². The largest absolute Gasteiger partial charge is 0.678 e. The molecule has 2 rings (SSSR count). The van der Waals surface area contributed by atoms with Crippen molar-refractivity contribution in [2.45, 2.75) is 44.9 Å². The number of rotatable bonds is 6. The van der Waals surface area contributed by atoms with Crippen LogP contribution < -0.4 is 11.2 Å². The molecule has 1 aliphatic carbocycles. The molecule has 114 valence electrons. The summed E-state index contributed by atoms with van der Waals surface area (Å²) in [7, 11) is -2.61. The van der Waals surface area contributed by atoms with Gasteiger partial charge in [0.25, 0.3) is 0 Å². The second-order valence-electron chi connectivity index (χ2n) is 5.30. The summed E-state index contributed by atoms with van der Waals surface area (Å²) in [6.07, 6.45) is 8.10. The molecule has 1 heterocycles. The number of aryl methyl sites for hydroxylation is 1. The Morgan fingerprint density at radius 2 is 1.90 bits per heavy atom. The number of hydrogen-bond acceptors (Lipinski definition) is 3. The molecule has 1 aromatic rings. The van der Waals surface area contributed by atoms with Crippen LogP contribution in [0.25, 0.3) is 0 Å². The van der Waals surface area contributed by atoms with Gasteiger partial charge < -0.3 is 10.2 Å². The molecule has 1 saturated carbocycles. The van der Waals surface area contributed by atoms with Gasteiger partial charge in [-0.2, -0.15) is 5.10 Å². The number of pyridine rings is 1. The van der Waals surface area contributed by atoms with Gasteiger partial charge in [0.1, 0.15) is 5.49 Å². The summed E-state index contributed by atoms with van der Waals surface area (Å²) >= 11 is 0. The van der Waals surface area contributed by atoms with Gasteiger partial charge >= 0.3 is 7.40 Å². The van der Waals surface area contributed by atoms with E-state index in [9.17, 15) is 8.63 Å². The molecule has 0 atom stereocenters. The monoisotopic (exact) mass is 294 g/mol. The zero-order valence-electron chi connectivity index (χ0n) is 12.1. The average Bonchev–Trinajstić information content (AvgIpc) is 2.99. The van der Waals surface area contributed by atoms with Gasteiger partial charge in [-0.25, -0.2) is 0 Å². The van der Waals surface area contributed by atoms with Crippen LogP contribution in [0, 0.1) is 0 Å². The van der Waals surface area contributed by atoms with E-state index >= 15 is 0 Å². The molecule has 0 radical (unpaired) electrons. The van der Waals surface area contributed by atoms with Crippen LogP contribution >= 0.6 is 0 Å². The summed E-state index contributed by atoms with van der Waals surface area (Å²) in [6, 6.07) is 3.45. The van der Waals surface area contributed by atoms with Crippen molar-refractivity contribution >= 4 is 13.1 Å². The molecule has 1 aromatic heterocycles. The molecule has 1 fully saturated rings. The molecule has 0 bridgehead atoms. The van der Waals surface area contributed by atoms with Gasteiger partial charge in [0.15, 0.2) is 0 Å². The Balaban J connectivity index is 2.20. The van der Waals surface area contributed by atoms with Crippen LogP contribution in [0.3, 0.4) is 0 Å². The molecule has 0 aliphatic heterocycles. The number of unbranched alkanes of at least 4 members (excludes halogenated alkanes) is 1. The first kappa shape index (κ1) is 15.9. The highest BCUT2D eigenvalue weighted by molar-refractivity contribution is 6.40. The molecular weight excluding hydrogens is 273 g/mol. The molecule has 4 nitrogen and oxygen atoms in total. The summed E-state index contributed by atoms with van der Waals surface area (Å²) in [5.41, 5.74) is 7.51. The molecule has 0 amide bonds. The van der Waals surface area contributed by atoms with Crippen molar-refractivity contribution in [3.8, 4) is 0 Å². The minimum atomic E-state index is -2.61. The van der Waals surface area contributed by atoms with Gasteiger partial charge in [-0.05, 0) is 63.1 Å². The Labute approximate surface area is 124 Å². The van der Waals surface area contributed by atoms with Gasteiger partial charge in [-0.15, -0.1) is 5.10 Å². The summed E-state index contributed by atoms with van der Waals surface area (Å²) in [5, 5.41) is 8.11. The van der Waals surface area contributed by atoms with E-state index in [1.807, 2.05) is 6.07 Å². The van der Waals surface area contributed by atoms with E-state index in [-0.39, 0.29) is 5.49 Å². The SMILES string of the molecule is NCCCCc1cc/c(=N/N=C2CCCC2)n(B(F)F)c1. The highest BCUT2D eigenvalue weighted by Crippen LogP contribution is 2.14. The average molecular weight is 294 g/mol. The van der Waals surface area contributed by atoms with E-state index in [1.54, 1.807) is 6.07 Å². The van der Waals surface area contributed by atoms with Crippen LogP contribution in [0.1, 0.15) is 44.1 Å². The van der Waals surface area contributed by atoms with Gasteiger partial charge in [0.2, 0.25) is 0 Å².